The monoisotopic (exact) mass is 395 g/mol. The number of halogens is 1. The summed E-state index contributed by atoms with van der Waals surface area (Å²) in [5, 5.41) is 7.43. The zero-order valence-corrected chi connectivity index (χ0v) is 16.4. The smallest absolute Gasteiger partial charge is 0.225 e. The molecule has 0 aliphatic heterocycles. The van der Waals surface area contributed by atoms with E-state index < -0.39 is 0 Å². The minimum absolute atomic E-state index is 0.418. The van der Waals surface area contributed by atoms with E-state index in [0.717, 1.165) is 29.8 Å². The first kappa shape index (κ1) is 18.5. The van der Waals surface area contributed by atoms with E-state index in [1.54, 1.807) is 25.6 Å². The number of rotatable bonds is 6. The normalized spacial score (nSPS) is 14.1. The van der Waals surface area contributed by atoms with Gasteiger partial charge in [0.25, 0.3) is 0 Å². The van der Waals surface area contributed by atoms with Gasteiger partial charge < -0.3 is 15.4 Å². The fourth-order valence-corrected chi connectivity index (χ4v) is 3.59. The molecule has 28 heavy (non-hydrogen) atoms. The van der Waals surface area contributed by atoms with Crippen molar-refractivity contribution in [2.45, 2.75) is 31.7 Å². The molecule has 4 rings (SSSR count). The summed E-state index contributed by atoms with van der Waals surface area (Å²) in [4.78, 5) is 13.5. The minimum Gasteiger partial charge on any atom is -0.495 e. The highest BCUT2D eigenvalue weighted by molar-refractivity contribution is 6.31. The average Bonchev–Trinajstić information content (AvgIpc) is 3.22. The molecule has 7 heteroatoms. The predicted molar refractivity (Wildman–Crippen MR) is 112 cm³/mol. The molecule has 1 fully saturated rings. The standard InChI is InChI=1S/C21H22ClN5O/c1-28-19-7-6-15(22)12-18(19)25-20-13-17(14-8-10-23-11-9-14)26-21(27-20)24-16-4-2-3-5-16/h6-13,16H,2-5H2,1H3,(H2,24,25,26,27). The summed E-state index contributed by atoms with van der Waals surface area (Å²) in [6, 6.07) is 11.6. The maximum absolute atomic E-state index is 6.16. The first-order valence-electron chi connectivity index (χ1n) is 9.38. The zero-order valence-electron chi connectivity index (χ0n) is 15.7. The van der Waals surface area contributed by atoms with Crippen LogP contribution in [0.5, 0.6) is 5.75 Å². The van der Waals surface area contributed by atoms with Crippen LogP contribution in [0.3, 0.4) is 0 Å². The zero-order chi connectivity index (χ0) is 19.3. The van der Waals surface area contributed by atoms with Crippen molar-refractivity contribution in [2.24, 2.45) is 0 Å². The second-order valence-electron chi connectivity index (χ2n) is 6.79. The third kappa shape index (κ3) is 4.34. The van der Waals surface area contributed by atoms with Crippen LogP contribution in [-0.2, 0) is 0 Å². The molecule has 6 nitrogen and oxygen atoms in total. The van der Waals surface area contributed by atoms with E-state index in [9.17, 15) is 0 Å². The molecule has 2 aromatic heterocycles. The van der Waals surface area contributed by atoms with Crippen molar-refractivity contribution in [2.75, 3.05) is 17.7 Å². The van der Waals surface area contributed by atoms with Gasteiger partial charge >= 0.3 is 0 Å². The number of aromatic nitrogens is 3. The number of hydrogen-bond acceptors (Lipinski definition) is 6. The largest absolute Gasteiger partial charge is 0.495 e. The third-order valence-corrected chi connectivity index (χ3v) is 5.05. The molecule has 0 radical (unpaired) electrons. The highest BCUT2D eigenvalue weighted by atomic mass is 35.5. The Morgan fingerprint density at radius 2 is 1.82 bits per heavy atom. The van der Waals surface area contributed by atoms with Gasteiger partial charge in [0, 0.05) is 35.1 Å². The van der Waals surface area contributed by atoms with Gasteiger partial charge in [-0.1, -0.05) is 24.4 Å². The lowest BCUT2D eigenvalue weighted by Crippen LogP contribution is -2.17. The number of hydrogen-bond donors (Lipinski definition) is 2. The average molecular weight is 396 g/mol. The molecular weight excluding hydrogens is 374 g/mol. The van der Waals surface area contributed by atoms with Crippen LogP contribution >= 0.6 is 11.6 Å². The number of ether oxygens (including phenoxy) is 1. The number of nitrogens with one attached hydrogen (secondary N) is 2. The fraction of sp³-hybridized carbons (Fsp3) is 0.286. The SMILES string of the molecule is COc1ccc(Cl)cc1Nc1cc(-c2ccncc2)nc(NC2CCCC2)n1. The lowest BCUT2D eigenvalue weighted by atomic mass is 10.2. The van der Waals surface area contributed by atoms with Crippen molar-refractivity contribution in [3.05, 3.63) is 53.8 Å². The van der Waals surface area contributed by atoms with E-state index in [1.807, 2.05) is 30.3 Å². The maximum Gasteiger partial charge on any atom is 0.225 e. The van der Waals surface area contributed by atoms with E-state index >= 15 is 0 Å². The highest BCUT2D eigenvalue weighted by Gasteiger charge is 2.17. The molecule has 3 aromatic rings. The van der Waals surface area contributed by atoms with Gasteiger partial charge in [-0.3, -0.25) is 4.98 Å². The Kier molecular flexibility index (Phi) is 5.58. The van der Waals surface area contributed by atoms with Crippen LogP contribution in [0.25, 0.3) is 11.3 Å². The number of nitrogens with zero attached hydrogens (tertiary/aromatic N) is 3. The lowest BCUT2D eigenvalue weighted by Gasteiger charge is -2.16. The summed E-state index contributed by atoms with van der Waals surface area (Å²) in [7, 11) is 1.63. The van der Waals surface area contributed by atoms with Gasteiger partial charge in [0.15, 0.2) is 0 Å². The minimum atomic E-state index is 0.418. The van der Waals surface area contributed by atoms with Crippen molar-refractivity contribution < 1.29 is 4.74 Å². The van der Waals surface area contributed by atoms with Crippen LogP contribution in [0.4, 0.5) is 17.5 Å². The Hall–Kier alpha value is -2.86. The van der Waals surface area contributed by atoms with Crippen LogP contribution in [-0.4, -0.2) is 28.1 Å². The summed E-state index contributed by atoms with van der Waals surface area (Å²) < 4.78 is 5.44. The van der Waals surface area contributed by atoms with Gasteiger partial charge in [0.05, 0.1) is 18.5 Å². The van der Waals surface area contributed by atoms with Crippen LogP contribution in [0.15, 0.2) is 48.8 Å². The molecule has 0 atom stereocenters. The van der Waals surface area contributed by atoms with Gasteiger partial charge in [0.1, 0.15) is 11.6 Å². The van der Waals surface area contributed by atoms with E-state index in [2.05, 4.69) is 20.6 Å². The Labute approximate surface area is 169 Å². The number of benzene rings is 1. The van der Waals surface area contributed by atoms with Crippen LogP contribution in [0.2, 0.25) is 5.02 Å². The Morgan fingerprint density at radius 3 is 2.57 bits per heavy atom. The van der Waals surface area contributed by atoms with Gasteiger partial charge in [-0.15, -0.1) is 0 Å². The van der Waals surface area contributed by atoms with Crippen LogP contribution in [0, 0.1) is 0 Å². The number of pyridine rings is 1. The van der Waals surface area contributed by atoms with Gasteiger partial charge in [-0.2, -0.15) is 4.98 Å². The van der Waals surface area contributed by atoms with Gasteiger partial charge in [0.2, 0.25) is 5.95 Å². The fourth-order valence-electron chi connectivity index (χ4n) is 3.41. The molecule has 0 spiro atoms. The summed E-state index contributed by atoms with van der Waals surface area (Å²) in [5.74, 6) is 1.98. The molecule has 1 aromatic carbocycles. The van der Waals surface area contributed by atoms with E-state index in [4.69, 9.17) is 21.3 Å². The molecule has 0 unspecified atom stereocenters. The van der Waals surface area contributed by atoms with Crippen molar-refractivity contribution >= 4 is 29.1 Å². The second kappa shape index (κ2) is 8.44. The summed E-state index contributed by atoms with van der Waals surface area (Å²) in [6.45, 7) is 0. The van der Waals surface area contributed by atoms with Gasteiger partial charge in [-0.05, 0) is 43.2 Å². The topological polar surface area (TPSA) is 72.0 Å². The molecule has 1 aliphatic rings. The molecule has 0 amide bonds. The Balaban J connectivity index is 1.70. The van der Waals surface area contributed by atoms with Crippen molar-refractivity contribution in [3.63, 3.8) is 0 Å². The molecule has 0 bridgehead atoms. The van der Waals surface area contributed by atoms with Crippen LogP contribution < -0.4 is 15.4 Å². The number of methoxy groups -OCH3 is 1. The first-order chi connectivity index (χ1) is 13.7. The highest BCUT2D eigenvalue weighted by Crippen LogP contribution is 2.32. The lowest BCUT2D eigenvalue weighted by molar-refractivity contribution is 0.417. The molecule has 1 aliphatic carbocycles. The van der Waals surface area contributed by atoms with E-state index in [-0.39, 0.29) is 0 Å². The Bertz CT molecular complexity index is 945. The molecule has 0 saturated heterocycles. The molecule has 1 saturated carbocycles. The van der Waals surface area contributed by atoms with E-state index in [0.29, 0.717) is 28.6 Å². The van der Waals surface area contributed by atoms with Crippen molar-refractivity contribution in [3.8, 4) is 17.0 Å². The molecular formula is C21H22ClN5O. The maximum atomic E-state index is 6.16. The van der Waals surface area contributed by atoms with Crippen LogP contribution in [0.1, 0.15) is 25.7 Å². The summed E-state index contributed by atoms with van der Waals surface area (Å²) >= 11 is 6.16. The molecule has 2 N–H and O–H groups in total. The predicted octanol–water partition coefficient (Wildman–Crippen LogP) is 5.30. The quantitative estimate of drug-likeness (QED) is 0.590. The third-order valence-electron chi connectivity index (χ3n) is 4.81. The van der Waals surface area contributed by atoms with E-state index in [1.165, 1.54) is 12.8 Å². The Morgan fingerprint density at radius 1 is 1.04 bits per heavy atom. The first-order valence-corrected chi connectivity index (χ1v) is 9.75. The van der Waals surface area contributed by atoms with Gasteiger partial charge in [-0.25, -0.2) is 4.98 Å². The summed E-state index contributed by atoms with van der Waals surface area (Å²) in [5.41, 5.74) is 2.55. The number of anilines is 3. The summed E-state index contributed by atoms with van der Waals surface area (Å²) in [6.07, 6.45) is 8.30. The molecule has 2 heterocycles. The molecule has 144 valence electrons. The second-order valence-corrected chi connectivity index (χ2v) is 7.23. The van der Waals surface area contributed by atoms with Crippen molar-refractivity contribution in [1.29, 1.82) is 0 Å². The van der Waals surface area contributed by atoms with Crippen molar-refractivity contribution in [1.82, 2.24) is 15.0 Å².